The average Bonchev–Trinajstić information content (AvgIpc) is 2.61. The normalized spacial score (nSPS) is 17.2. The summed E-state index contributed by atoms with van der Waals surface area (Å²) < 4.78 is 16.1. The largest absolute Gasteiger partial charge is 0.496 e. The van der Waals surface area contributed by atoms with E-state index in [1.165, 1.54) is 0 Å². The Morgan fingerprint density at radius 2 is 1.79 bits per heavy atom. The number of methoxy groups -OCH3 is 3. The highest BCUT2D eigenvalue weighted by Gasteiger charge is 2.30. The molecule has 1 unspecified atom stereocenters. The van der Waals surface area contributed by atoms with Gasteiger partial charge in [0.15, 0.2) is 0 Å². The van der Waals surface area contributed by atoms with Crippen molar-refractivity contribution in [3.63, 3.8) is 0 Å². The van der Waals surface area contributed by atoms with Gasteiger partial charge in [-0.3, -0.25) is 9.88 Å². The molecule has 2 heterocycles. The van der Waals surface area contributed by atoms with Crippen LogP contribution in [-0.2, 0) is 13.1 Å². The quantitative estimate of drug-likeness (QED) is 0.891. The minimum atomic E-state index is -0.665. The fraction of sp³-hybridized carbons (Fsp3) is 0.412. The first-order valence-corrected chi connectivity index (χ1v) is 7.66. The molecule has 1 N–H and O–H groups in total. The summed E-state index contributed by atoms with van der Waals surface area (Å²) in [6.45, 7) is 1.61. The zero-order valence-corrected chi connectivity index (χ0v) is 14.0. The third-order valence-electron chi connectivity index (χ3n) is 4.16. The van der Waals surface area contributed by atoms with Crippen molar-refractivity contribution in [3.8, 4) is 17.4 Å². The van der Waals surface area contributed by atoms with E-state index in [0.717, 1.165) is 22.6 Å². The van der Waals surface area contributed by atoms with Crippen molar-refractivity contribution in [2.45, 2.75) is 19.2 Å². The van der Waals surface area contributed by atoms with Gasteiger partial charge in [0.2, 0.25) is 5.88 Å². The second-order valence-corrected chi connectivity index (χ2v) is 5.56. The fourth-order valence-corrected chi connectivity index (χ4v) is 3.11. The van der Waals surface area contributed by atoms with Crippen LogP contribution in [0.1, 0.15) is 22.9 Å². The van der Waals surface area contributed by atoms with E-state index in [4.69, 9.17) is 14.2 Å². The molecule has 0 spiro atoms. The van der Waals surface area contributed by atoms with Crippen LogP contribution in [0.2, 0.25) is 0 Å². The number of hydrogen-bond donors (Lipinski definition) is 1. The zero-order chi connectivity index (χ0) is 17.1. The zero-order valence-electron chi connectivity index (χ0n) is 14.0. The van der Waals surface area contributed by atoms with Gasteiger partial charge in [-0.2, -0.15) is 0 Å². The highest BCUT2D eigenvalue weighted by molar-refractivity contribution is 5.51. The molecule has 24 heavy (non-hydrogen) atoms. The van der Waals surface area contributed by atoms with Crippen LogP contribution in [0.5, 0.6) is 17.4 Å². The van der Waals surface area contributed by atoms with Gasteiger partial charge in [-0.15, -0.1) is 0 Å². The molecule has 0 aliphatic carbocycles. The number of fused-ring (bicyclic) bond motifs is 1. The molecule has 1 aromatic carbocycles. The summed E-state index contributed by atoms with van der Waals surface area (Å²) in [5.41, 5.74) is 2.45. The Morgan fingerprint density at radius 3 is 2.50 bits per heavy atom. The van der Waals surface area contributed by atoms with E-state index in [2.05, 4.69) is 14.9 Å². The lowest BCUT2D eigenvalue weighted by atomic mass is 9.95. The average molecular weight is 331 g/mol. The van der Waals surface area contributed by atoms with Crippen molar-refractivity contribution in [2.24, 2.45) is 0 Å². The Morgan fingerprint density at radius 1 is 1.08 bits per heavy atom. The first-order valence-electron chi connectivity index (χ1n) is 7.66. The summed E-state index contributed by atoms with van der Waals surface area (Å²) in [5.74, 6) is 1.91. The lowest BCUT2D eigenvalue weighted by Gasteiger charge is -2.33. The Bertz CT molecular complexity index is 723. The number of benzene rings is 1. The van der Waals surface area contributed by atoms with Gasteiger partial charge in [0, 0.05) is 43.2 Å². The molecule has 0 amide bonds. The Kier molecular flexibility index (Phi) is 4.82. The molecular formula is C17H21N3O4. The van der Waals surface area contributed by atoms with Gasteiger partial charge in [-0.1, -0.05) is 0 Å². The maximum absolute atomic E-state index is 10.6. The standard InChI is InChI=1S/C17H21N3O4/c1-22-14-4-5-15(23-2)16-11(14)8-20(10-13(16)21)9-12-17(24-3)19-7-6-18-12/h4-7,13,21H,8-10H2,1-3H3. The van der Waals surface area contributed by atoms with Crippen LogP contribution in [0.25, 0.3) is 0 Å². The molecule has 0 saturated heterocycles. The van der Waals surface area contributed by atoms with Crippen LogP contribution in [-0.4, -0.2) is 47.8 Å². The van der Waals surface area contributed by atoms with Gasteiger partial charge < -0.3 is 19.3 Å². The maximum Gasteiger partial charge on any atom is 0.236 e. The molecule has 1 aliphatic rings. The summed E-state index contributed by atoms with van der Waals surface area (Å²) >= 11 is 0. The number of ether oxygens (including phenoxy) is 3. The maximum atomic E-state index is 10.6. The molecule has 7 nitrogen and oxygen atoms in total. The minimum Gasteiger partial charge on any atom is -0.496 e. The third kappa shape index (κ3) is 3.00. The van der Waals surface area contributed by atoms with Crippen molar-refractivity contribution in [1.29, 1.82) is 0 Å². The van der Waals surface area contributed by atoms with E-state index < -0.39 is 6.10 Å². The van der Waals surface area contributed by atoms with Gasteiger partial charge in [-0.05, 0) is 12.1 Å². The lowest BCUT2D eigenvalue weighted by molar-refractivity contribution is 0.0829. The topological polar surface area (TPSA) is 76.9 Å². The Labute approximate surface area is 140 Å². The van der Waals surface area contributed by atoms with Gasteiger partial charge in [0.1, 0.15) is 17.2 Å². The van der Waals surface area contributed by atoms with Crippen molar-refractivity contribution < 1.29 is 19.3 Å². The van der Waals surface area contributed by atoms with E-state index in [0.29, 0.717) is 31.3 Å². The highest BCUT2D eigenvalue weighted by atomic mass is 16.5. The number of hydrogen-bond acceptors (Lipinski definition) is 7. The van der Waals surface area contributed by atoms with Crippen LogP contribution in [0, 0.1) is 0 Å². The second-order valence-electron chi connectivity index (χ2n) is 5.56. The third-order valence-corrected chi connectivity index (χ3v) is 4.16. The number of aliphatic hydroxyl groups excluding tert-OH is 1. The molecule has 128 valence electrons. The van der Waals surface area contributed by atoms with Crippen LogP contribution in [0.15, 0.2) is 24.5 Å². The van der Waals surface area contributed by atoms with E-state index in [1.54, 1.807) is 33.7 Å². The summed E-state index contributed by atoms with van der Waals surface area (Å²) in [5, 5.41) is 10.6. The Hall–Kier alpha value is -2.38. The lowest BCUT2D eigenvalue weighted by Crippen LogP contribution is -2.34. The summed E-state index contributed by atoms with van der Waals surface area (Å²) in [6.07, 6.45) is 2.56. The predicted molar refractivity (Wildman–Crippen MR) is 87.2 cm³/mol. The van der Waals surface area contributed by atoms with E-state index in [1.807, 2.05) is 12.1 Å². The molecule has 1 atom stereocenters. The van der Waals surface area contributed by atoms with Crippen molar-refractivity contribution in [3.05, 3.63) is 41.3 Å². The van der Waals surface area contributed by atoms with Gasteiger partial charge in [0.05, 0.1) is 27.4 Å². The summed E-state index contributed by atoms with van der Waals surface area (Å²) in [6, 6.07) is 3.68. The molecule has 0 bridgehead atoms. The summed E-state index contributed by atoms with van der Waals surface area (Å²) in [4.78, 5) is 10.6. The summed E-state index contributed by atoms with van der Waals surface area (Å²) in [7, 11) is 4.80. The predicted octanol–water partition coefficient (Wildman–Crippen LogP) is 1.55. The molecule has 0 fully saturated rings. The van der Waals surface area contributed by atoms with E-state index >= 15 is 0 Å². The van der Waals surface area contributed by atoms with E-state index in [9.17, 15) is 5.11 Å². The van der Waals surface area contributed by atoms with Gasteiger partial charge >= 0.3 is 0 Å². The monoisotopic (exact) mass is 331 g/mol. The number of nitrogens with zero attached hydrogens (tertiary/aromatic N) is 3. The molecule has 1 aromatic heterocycles. The molecule has 2 aromatic rings. The van der Waals surface area contributed by atoms with Crippen molar-refractivity contribution >= 4 is 0 Å². The first kappa shape index (κ1) is 16.5. The molecule has 3 rings (SSSR count). The highest BCUT2D eigenvalue weighted by Crippen LogP contribution is 2.39. The number of β-amino-alcohol motifs (C(OH)–C–C–N with tert-alkyl or cyclic N) is 1. The fourth-order valence-electron chi connectivity index (χ4n) is 3.11. The first-order chi connectivity index (χ1) is 11.7. The van der Waals surface area contributed by atoms with Crippen molar-refractivity contribution in [1.82, 2.24) is 14.9 Å². The van der Waals surface area contributed by atoms with E-state index in [-0.39, 0.29) is 0 Å². The van der Waals surface area contributed by atoms with Gasteiger partial charge in [0.25, 0.3) is 0 Å². The smallest absolute Gasteiger partial charge is 0.236 e. The van der Waals surface area contributed by atoms with Gasteiger partial charge in [-0.25, -0.2) is 4.98 Å². The molecule has 0 saturated carbocycles. The van der Waals surface area contributed by atoms with Crippen LogP contribution in [0.4, 0.5) is 0 Å². The SMILES string of the molecule is COc1ccc(OC)c2c1CN(Cc1nccnc1OC)CC2O. The molecular weight excluding hydrogens is 310 g/mol. The van der Waals surface area contributed by atoms with Crippen molar-refractivity contribution in [2.75, 3.05) is 27.9 Å². The molecule has 0 radical (unpaired) electrons. The molecule has 1 aliphatic heterocycles. The van der Waals surface area contributed by atoms with Crippen LogP contribution in [0.3, 0.4) is 0 Å². The minimum absolute atomic E-state index is 0.469. The number of aliphatic hydroxyl groups is 1. The van der Waals surface area contributed by atoms with Crippen LogP contribution >= 0.6 is 0 Å². The number of aromatic nitrogens is 2. The number of rotatable bonds is 5. The Balaban J connectivity index is 1.91. The van der Waals surface area contributed by atoms with Crippen LogP contribution < -0.4 is 14.2 Å². The molecule has 7 heteroatoms. The second kappa shape index (κ2) is 7.02.